The third-order valence-electron chi connectivity index (χ3n) is 6.43. The van der Waals surface area contributed by atoms with Crippen molar-refractivity contribution in [1.82, 2.24) is 20.5 Å². The third kappa shape index (κ3) is 7.61. The van der Waals surface area contributed by atoms with E-state index < -0.39 is 12.1 Å². The van der Waals surface area contributed by atoms with Crippen molar-refractivity contribution in [2.24, 2.45) is 5.41 Å². The molecule has 1 aromatic heterocycles. The van der Waals surface area contributed by atoms with Gasteiger partial charge in [0.25, 0.3) is 0 Å². The van der Waals surface area contributed by atoms with Crippen LogP contribution in [0.1, 0.15) is 49.0 Å². The van der Waals surface area contributed by atoms with E-state index in [9.17, 15) is 14.4 Å². The second kappa shape index (κ2) is 12.5. The summed E-state index contributed by atoms with van der Waals surface area (Å²) in [6.07, 6.45) is 1.46. The molecule has 2 heterocycles. The van der Waals surface area contributed by atoms with Crippen LogP contribution in [0.5, 0.6) is 0 Å². The Morgan fingerprint density at radius 2 is 1.66 bits per heavy atom. The first-order chi connectivity index (χ1) is 18.2. The quantitative estimate of drug-likeness (QED) is 0.394. The van der Waals surface area contributed by atoms with Gasteiger partial charge in [-0.25, -0.2) is 9.78 Å². The molecule has 0 radical (unpaired) electrons. The Hall–Kier alpha value is -3.30. The largest absolute Gasteiger partial charge is 0.378 e. The van der Waals surface area contributed by atoms with Crippen molar-refractivity contribution in [1.29, 1.82) is 0 Å². The van der Waals surface area contributed by atoms with E-state index >= 15 is 0 Å². The predicted octanol–water partition coefficient (Wildman–Crippen LogP) is 4.44. The van der Waals surface area contributed by atoms with E-state index in [1.807, 2.05) is 75.4 Å². The van der Waals surface area contributed by atoms with Gasteiger partial charge in [-0.05, 0) is 42.4 Å². The molecular formula is C29H36N4O4S. The minimum atomic E-state index is -0.785. The van der Waals surface area contributed by atoms with Crippen LogP contribution in [0.25, 0.3) is 10.2 Å². The molecule has 0 aliphatic carbocycles. The summed E-state index contributed by atoms with van der Waals surface area (Å²) in [5.74, 6) is -0.585. The number of hydrogen-bond acceptors (Lipinski definition) is 6. The van der Waals surface area contributed by atoms with Gasteiger partial charge in [-0.1, -0.05) is 63.2 Å². The summed E-state index contributed by atoms with van der Waals surface area (Å²) >= 11 is 1.33. The van der Waals surface area contributed by atoms with Crippen molar-refractivity contribution in [2.45, 2.75) is 52.1 Å². The molecule has 1 saturated heterocycles. The molecule has 1 aliphatic rings. The SMILES string of the molecule is CC(C)(C)C[C@H](NC(=O)N1CCOCC1)C(=O)NC(CCc1ccccc1)C(=O)c1nc2ccccc2s1. The average Bonchev–Trinajstić information content (AvgIpc) is 3.35. The van der Waals surface area contributed by atoms with Gasteiger partial charge < -0.3 is 20.3 Å². The number of amides is 3. The van der Waals surface area contributed by atoms with Crippen LogP contribution in [-0.2, 0) is 16.0 Å². The summed E-state index contributed by atoms with van der Waals surface area (Å²) in [4.78, 5) is 46.5. The standard InChI is InChI=1S/C29H36N4O4S/c1-29(2,3)19-23(32-28(36)33-15-17-37-18-16-33)26(35)30-22(14-13-20-9-5-4-6-10-20)25(34)27-31-21-11-7-8-12-24(21)38-27/h4-12,22-23H,13-19H2,1-3H3,(H,30,35)(H,32,36)/t22?,23-/m0/s1. The molecule has 3 aromatic rings. The first-order valence-electron chi connectivity index (χ1n) is 13.1. The van der Waals surface area contributed by atoms with Crippen LogP contribution >= 0.6 is 11.3 Å². The predicted molar refractivity (Wildman–Crippen MR) is 149 cm³/mol. The highest BCUT2D eigenvalue weighted by Crippen LogP contribution is 2.24. The summed E-state index contributed by atoms with van der Waals surface area (Å²) in [5.41, 5.74) is 1.62. The van der Waals surface area contributed by atoms with Crippen LogP contribution in [0, 0.1) is 5.41 Å². The number of carbonyl (C=O) groups excluding carboxylic acids is 3. The first-order valence-corrected chi connectivity index (χ1v) is 13.9. The zero-order chi connectivity index (χ0) is 27.1. The van der Waals surface area contributed by atoms with Crippen molar-refractivity contribution in [3.05, 3.63) is 65.2 Å². The van der Waals surface area contributed by atoms with Gasteiger partial charge in [-0.3, -0.25) is 9.59 Å². The Morgan fingerprint density at radius 1 is 0.974 bits per heavy atom. The van der Waals surface area contributed by atoms with Crippen LogP contribution in [0.3, 0.4) is 0 Å². The minimum absolute atomic E-state index is 0.218. The lowest BCUT2D eigenvalue weighted by atomic mass is 9.87. The fourth-order valence-corrected chi connectivity index (χ4v) is 5.41. The van der Waals surface area contributed by atoms with Gasteiger partial charge in [-0.2, -0.15) is 0 Å². The van der Waals surface area contributed by atoms with Gasteiger partial charge in [0.05, 0.1) is 29.5 Å². The lowest BCUT2D eigenvalue weighted by molar-refractivity contribution is -0.124. The fraction of sp³-hybridized carbons (Fsp3) is 0.448. The number of Topliss-reactive ketones (excluding diaryl/α,β-unsaturated/α-hetero) is 1. The van der Waals surface area contributed by atoms with Crippen molar-refractivity contribution < 1.29 is 19.1 Å². The number of thiazole rings is 1. The highest BCUT2D eigenvalue weighted by molar-refractivity contribution is 7.20. The Bertz CT molecular complexity index is 1220. The van der Waals surface area contributed by atoms with Crippen LogP contribution in [-0.4, -0.2) is 66.0 Å². The van der Waals surface area contributed by atoms with Crippen molar-refractivity contribution in [3.8, 4) is 0 Å². The number of para-hydroxylation sites is 1. The van der Waals surface area contributed by atoms with Crippen molar-refractivity contribution in [2.75, 3.05) is 26.3 Å². The summed E-state index contributed by atoms with van der Waals surface area (Å²) in [7, 11) is 0. The normalized spacial score (nSPS) is 15.6. The lowest BCUT2D eigenvalue weighted by Gasteiger charge is -2.32. The smallest absolute Gasteiger partial charge is 0.318 e. The molecule has 2 N–H and O–H groups in total. The number of aryl methyl sites for hydroxylation is 1. The van der Waals surface area contributed by atoms with Gasteiger partial charge in [-0.15, -0.1) is 11.3 Å². The second-order valence-electron chi connectivity index (χ2n) is 10.8. The number of carbonyl (C=O) groups is 3. The minimum Gasteiger partial charge on any atom is -0.378 e. The maximum atomic E-state index is 13.7. The highest BCUT2D eigenvalue weighted by atomic mass is 32.1. The maximum absolute atomic E-state index is 13.7. The first kappa shape index (κ1) is 27.7. The van der Waals surface area contributed by atoms with E-state index in [0.29, 0.717) is 50.6 Å². The number of nitrogens with one attached hydrogen (secondary N) is 2. The summed E-state index contributed by atoms with van der Waals surface area (Å²) in [6, 6.07) is 15.6. The molecular weight excluding hydrogens is 500 g/mol. The molecule has 1 fully saturated rings. The van der Waals surface area contributed by atoms with Crippen LogP contribution in [0.4, 0.5) is 4.79 Å². The number of nitrogens with zero attached hydrogens (tertiary/aromatic N) is 2. The monoisotopic (exact) mass is 536 g/mol. The topological polar surface area (TPSA) is 101 Å². The van der Waals surface area contributed by atoms with Crippen LogP contribution in [0.15, 0.2) is 54.6 Å². The van der Waals surface area contributed by atoms with E-state index in [2.05, 4.69) is 15.6 Å². The van der Waals surface area contributed by atoms with Gasteiger partial charge in [0.1, 0.15) is 6.04 Å². The zero-order valence-electron chi connectivity index (χ0n) is 22.2. The highest BCUT2D eigenvalue weighted by Gasteiger charge is 2.32. The number of rotatable bonds is 9. The van der Waals surface area contributed by atoms with E-state index in [-0.39, 0.29) is 23.1 Å². The number of aromatic nitrogens is 1. The van der Waals surface area contributed by atoms with E-state index in [1.54, 1.807) is 4.90 Å². The summed E-state index contributed by atoms with van der Waals surface area (Å²) in [5, 5.41) is 6.27. The van der Waals surface area contributed by atoms with Gasteiger partial charge in [0.2, 0.25) is 11.7 Å². The number of benzene rings is 2. The van der Waals surface area contributed by atoms with E-state index in [4.69, 9.17) is 4.74 Å². The molecule has 0 saturated carbocycles. The Balaban J connectivity index is 1.54. The number of fused-ring (bicyclic) bond motifs is 1. The van der Waals surface area contributed by atoms with Crippen molar-refractivity contribution in [3.63, 3.8) is 0 Å². The number of morpholine rings is 1. The molecule has 38 heavy (non-hydrogen) atoms. The molecule has 4 rings (SSSR count). The lowest BCUT2D eigenvalue weighted by Crippen LogP contribution is -2.56. The number of ether oxygens (including phenoxy) is 1. The Labute approximate surface area is 227 Å². The molecule has 3 amide bonds. The number of ketones is 1. The Morgan fingerprint density at radius 3 is 2.34 bits per heavy atom. The maximum Gasteiger partial charge on any atom is 0.318 e. The van der Waals surface area contributed by atoms with Gasteiger partial charge >= 0.3 is 6.03 Å². The fourth-order valence-electron chi connectivity index (χ4n) is 4.45. The molecule has 2 aromatic carbocycles. The van der Waals surface area contributed by atoms with E-state index in [1.165, 1.54) is 11.3 Å². The molecule has 0 bridgehead atoms. The average molecular weight is 537 g/mol. The van der Waals surface area contributed by atoms with Crippen LogP contribution in [0.2, 0.25) is 0 Å². The van der Waals surface area contributed by atoms with Gasteiger partial charge in [0, 0.05) is 13.1 Å². The third-order valence-corrected chi connectivity index (χ3v) is 7.48. The van der Waals surface area contributed by atoms with E-state index in [0.717, 1.165) is 15.8 Å². The molecule has 0 spiro atoms. The van der Waals surface area contributed by atoms with Gasteiger partial charge in [0.15, 0.2) is 5.01 Å². The molecule has 8 nitrogen and oxygen atoms in total. The second-order valence-corrected chi connectivity index (χ2v) is 11.8. The summed E-state index contributed by atoms with van der Waals surface area (Å²) < 4.78 is 6.27. The van der Waals surface area contributed by atoms with Crippen LogP contribution < -0.4 is 10.6 Å². The number of hydrogen-bond donors (Lipinski definition) is 2. The van der Waals surface area contributed by atoms with Crippen molar-refractivity contribution >= 4 is 39.3 Å². The molecule has 9 heteroatoms. The molecule has 2 atom stereocenters. The molecule has 1 unspecified atom stereocenters. The number of urea groups is 1. The Kier molecular flexibility index (Phi) is 9.12. The zero-order valence-corrected chi connectivity index (χ0v) is 23.1. The molecule has 202 valence electrons. The molecule has 1 aliphatic heterocycles. The summed E-state index contributed by atoms with van der Waals surface area (Å²) in [6.45, 7) is 7.97.